The molecule has 1 atom stereocenters. The fourth-order valence-electron chi connectivity index (χ4n) is 6.99. The number of carbonyl (C=O) groups excluding carboxylic acids is 3. The standard InChI is InChI=1S/C54H94O6/c1-4-7-10-13-16-19-22-24-25-26-27-28-29-31-32-35-38-41-44-47-53(56)59-50-51(49-58-52(55)46-43-40-37-34-21-18-15-12-9-6-3)60-54(57)48-45-42-39-36-33-30-23-20-17-14-11-8-5-2/h8,11-12,15,17,20,30,33,39,42,51H,4-7,9-10,13-14,16,18-19,21-29,31-32,34-38,40-41,43-50H2,1-3H3/b11-8-,15-12-,20-17-,33-30-,42-39-. The minimum absolute atomic E-state index is 0.104. The van der Waals surface area contributed by atoms with Crippen LogP contribution in [0.5, 0.6) is 0 Å². The van der Waals surface area contributed by atoms with Crippen LogP contribution in [0.3, 0.4) is 0 Å². The molecular formula is C54H94O6. The van der Waals surface area contributed by atoms with E-state index >= 15 is 0 Å². The van der Waals surface area contributed by atoms with Gasteiger partial charge in [-0.15, -0.1) is 0 Å². The van der Waals surface area contributed by atoms with Crippen LogP contribution in [0, 0.1) is 0 Å². The summed E-state index contributed by atoms with van der Waals surface area (Å²) in [7, 11) is 0. The number of allylic oxidation sites excluding steroid dienone is 10. The van der Waals surface area contributed by atoms with E-state index in [1.807, 2.05) is 12.2 Å². The maximum atomic E-state index is 12.7. The van der Waals surface area contributed by atoms with Gasteiger partial charge in [-0.1, -0.05) is 223 Å². The predicted octanol–water partition coefficient (Wildman–Crippen LogP) is 16.5. The largest absolute Gasteiger partial charge is 0.462 e. The molecule has 6 nitrogen and oxygen atoms in total. The van der Waals surface area contributed by atoms with Crippen molar-refractivity contribution in [2.24, 2.45) is 0 Å². The number of esters is 3. The van der Waals surface area contributed by atoms with Crippen LogP contribution in [0.15, 0.2) is 60.8 Å². The van der Waals surface area contributed by atoms with Crippen molar-refractivity contribution in [2.75, 3.05) is 13.2 Å². The Hall–Kier alpha value is -2.89. The average molecular weight is 839 g/mol. The van der Waals surface area contributed by atoms with Gasteiger partial charge in [0, 0.05) is 19.3 Å². The minimum Gasteiger partial charge on any atom is -0.462 e. The molecule has 0 N–H and O–H groups in total. The zero-order valence-corrected chi connectivity index (χ0v) is 39.5. The van der Waals surface area contributed by atoms with Gasteiger partial charge in [-0.05, 0) is 64.2 Å². The Kier molecular flexibility index (Phi) is 46.4. The summed E-state index contributed by atoms with van der Waals surface area (Å²) >= 11 is 0. The van der Waals surface area contributed by atoms with Gasteiger partial charge in [-0.25, -0.2) is 0 Å². The molecule has 0 saturated heterocycles. The predicted molar refractivity (Wildman–Crippen MR) is 256 cm³/mol. The average Bonchev–Trinajstić information content (AvgIpc) is 3.24. The molecule has 0 bridgehead atoms. The second-order valence-electron chi connectivity index (χ2n) is 16.7. The van der Waals surface area contributed by atoms with Gasteiger partial charge >= 0.3 is 17.9 Å². The highest BCUT2D eigenvalue weighted by molar-refractivity contribution is 5.71. The first-order chi connectivity index (χ1) is 29.5. The summed E-state index contributed by atoms with van der Waals surface area (Å²) in [5, 5.41) is 0. The van der Waals surface area contributed by atoms with Crippen molar-refractivity contribution in [2.45, 2.75) is 252 Å². The molecule has 0 aliphatic carbocycles. The molecule has 346 valence electrons. The van der Waals surface area contributed by atoms with Gasteiger partial charge in [0.1, 0.15) is 13.2 Å². The topological polar surface area (TPSA) is 78.9 Å². The first-order valence-corrected chi connectivity index (χ1v) is 25.3. The Bertz CT molecular complexity index is 1100. The van der Waals surface area contributed by atoms with Crippen molar-refractivity contribution in [1.29, 1.82) is 0 Å². The number of carbonyl (C=O) groups is 3. The zero-order valence-electron chi connectivity index (χ0n) is 39.5. The minimum atomic E-state index is -0.811. The van der Waals surface area contributed by atoms with Crippen LogP contribution in [-0.2, 0) is 28.6 Å². The molecule has 0 aliphatic rings. The summed E-state index contributed by atoms with van der Waals surface area (Å²) in [5.74, 6) is -0.994. The molecule has 1 unspecified atom stereocenters. The first kappa shape index (κ1) is 57.1. The fraction of sp³-hybridized carbons (Fsp3) is 0.759. The molecule has 0 spiro atoms. The van der Waals surface area contributed by atoms with Crippen molar-refractivity contribution in [3.05, 3.63) is 60.8 Å². The normalized spacial score (nSPS) is 12.5. The highest BCUT2D eigenvalue weighted by Crippen LogP contribution is 2.16. The quantitative estimate of drug-likeness (QED) is 0.0263. The van der Waals surface area contributed by atoms with Gasteiger partial charge in [-0.2, -0.15) is 0 Å². The highest BCUT2D eigenvalue weighted by atomic mass is 16.6. The summed E-state index contributed by atoms with van der Waals surface area (Å²) in [6.45, 7) is 6.40. The smallest absolute Gasteiger partial charge is 0.306 e. The van der Waals surface area contributed by atoms with Crippen LogP contribution in [0.4, 0.5) is 0 Å². The van der Waals surface area contributed by atoms with Crippen LogP contribution in [0.2, 0.25) is 0 Å². The number of ether oxygens (including phenoxy) is 3. The van der Waals surface area contributed by atoms with E-state index in [2.05, 4.69) is 69.4 Å². The maximum absolute atomic E-state index is 12.7. The third-order valence-electron chi connectivity index (χ3n) is 10.8. The van der Waals surface area contributed by atoms with E-state index in [-0.39, 0.29) is 31.6 Å². The van der Waals surface area contributed by atoms with Gasteiger partial charge in [-0.3, -0.25) is 14.4 Å². The van der Waals surface area contributed by atoms with Crippen LogP contribution < -0.4 is 0 Å². The van der Waals surface area contributed by atoms with E-state index in [1.165, 1.54) is 116 Å². The van der Waals surface area contributed by atoms with Crippen LogP contribution in [0.1, 0.15) is 245 Å². The van der Waals surface area contributed by atoms with Gasteiger partial charge in [0.05, 0.1) is 0 Å². The number of rotatable bonds is 45. The van der Waals surface area contributed by atoms with Crippen molar-refractivity contribution in [3.63, 3.8) is 0 Å². The number of hydrogen-bond acceptors (Lipinski definition) is 6. The van der Waals surface area contributed by atoms with Crippen molar-refractivity contribution in [3.8, 4) is 0 Å². The molecule has 0 aromatic rings. The molecule has 0 rings (SSSR count). The Labute approximate surface area is 370 Å². The zero-order chi connectivity index (χ0) is 43.7. The van der Waals surface area contributed by atoms with Gasteiger partial charge < -0.3 is 14.2 Å². The van der Waals surface area contributed by atoms with Crippen molar-refractivity contribution >= 4 is 17.9 Å². The van der Waals surface area contributed by atoms with E-state index in [1.54, 1.807) is 0 Å². The molecule has 0 fully saturated rings. The van der Waals surface area contributed by atoms with Crippen LogP contribution >= 0.6 is 0 Å². The van der Waals surface area contributed by atoms with Crippen LogP contribution in [0.25, 0.3) is 0 Å². The molecule has 0 saturated carbocycles. The third kappa shape index (κ3) is 46.2. The van der Waals surface area contributed by atoms with E-state index in [9.17, 15) is 14.4 Å². The molecular weight excluding hydrogens is 745 g/mol. The molecule has 60 heavy (non-hydrogen) atoms. The molecule has 0 radical (unpaired) electrons. The monoisotopic (exact) mass is 839 g/mol. The second kappa shape index (κ2) is 48.8. The van der Waals surface area contributed by atoms with E-state index in [0.29, 0.717) is 19.3 Å². The van der Waals surface area contributed by atoms with Crippen molar-refractivity contribution < 1.29 is 28.6 Å². The summed E-state index contributed by atoms with van der Waals surface area (Å²) in [5.41, 5.74) is 0. The lowest BCUT2D eigenvalue weighted by Crippen LogP contribution is -2.30. The third-order valence-corrected chi connectivity index (χ3v) is 10.8. The first-order valence-electron chi connectivity index (χ1n) is 25.3. The van der Waals surface area contributed by atoms with Gasteiger partial charge in [0.25, 0.3) is 0 Å². The Morgan fingerprint density at radius 2 is 0.717 bits per heavy atom. The summed E-state index contributed by atoms with van der Waals surface area (Å²) in [6.07, 6.45) is 59.5. The molecule has 0 aliphatic heterocycles. The summed E-state index contributed by atoms with van der Waals surface area (Å²) in [6, 6.07) is 0. The second-order valence-corrected chi connectivity index (χ2v) is 16.7. The highest BCUT2D eigenvalue weighted by Gasteiger charge is 2.19. The van der Waals surface area contributed by atoms with E-state index in [4.69, 9.17) is 14.2 Å². The molecule has 6 heteroatoms. The Morgan fingerprint density at radius 3 is 1.15 bits per heavy atom. The van der Waals surface area contributed by atoms with Crippen LogP contribution in [-0.4, -0.2) is 37.2 Å². The summed E-state index contributed by atoms with van der Waals surface area (Å²) in [4.78, 5) is 37.8. The van der Waals surface area contributed by atoms with E-state index < -0.39 is 12.1 Å². The van der Waals surface area contributed by atoms with Gasteiger partial charge in [0.2, 0.25) is 0 Å². The van der Waals surface area contributed by atoms with Gasteiger partial charge in [0.15, 0.2) is 6.10 Å². The summed E-state index contributed by atoms with van der Waals surface area (Å²) < 4.78 is 16.7. The lowest BCUT2D eigenvalue weighted by atomic mass is 10.0. The molecule has 0 aromatic carbocycles. The number of hydrogen-bond donors (Lipinski definition) is 0. The fourth-order valence-corrected chi connectivity index (χ4v) is 6.99. The lowest BCUT2D eigenvalue weighted by Gasteiger charge is -2.18. The molecule has 0 heterocycles. The van der Waals surface area contributed by atoms with E-state index in [0.717, 1.165) is 83.5 Å². The Morgan fingerprint density at radius 1 is 0.350 bits per heavy atom. The Balaban J connectivity index is 4.35. The SMILES string of the molecule is CC/C=C\C/C=C\C/C=C\C/C=C\CCC(=O)OC(COC(=O)CCCCCCC/C=C\CCC)COC(=O)CCCCCCCCCCCCCCCCCCCCC. The molecule has 0 aromatic heterocycles. The van der Waals surface area contributed by atoms with Crippen molar-refractivity contribution in [1.82, 2.24) is 0 Å². The number of unbranched alkanes of at least 4 members (excludes halogenated alkanes) is 24. The molecule has 0 amide bonds. The maximum Gasteiger partial charge on any atom is 0.306 e. The lowest BCUT2D eigenvalue weighted by molar-refractivity contribution is -0.166.